The Morgan fingerprint density at radius 3 is 2.26 bits per heavy atom. The molecular weight excluding hydrogens is 559 g/mol. The summed E-state index contributed by atoms with van der Waals surface area (Å²) in [6.07, 6.45) is -2.25. The van der Waals surface area contributed by atoms with Crippen LogP contribution in [0.15, 0.2) is 48.5 Å². The number of carbonyl (C=O) groups is 1. The number of ether oxygens (including phenoxy) is 3. The Morgan fingerprint density at radius 2 is 1.70 bits per heavy atom. The van der Waals surface area contributed by atoms with Crippen molar-refractivity contribution in [2.24, 2.45) is 0 Å². The number of carbonyl (C=O) groups excluding carboxylic acids is 1. The third kappa shape index (κ3) is 9.28. The molecule has 1 amide bonds. The number of amides is 1. The number of hydrogen-bond donors (Lipinski definition) is 2. The SMILES string of the molecule is CC.CCNC=O.COc1cc(CCOc2cc3c(cc2OC)CCN(C)C3c2ccc(C(F)(F)F)cc2C)ccc1N. The van der Waals surface area contributed by atoms with E-state index in [0.717, 1.165) is 47.8 Å². The topological polar surface area (TPSA) is 86.1 Å². The van der Waals surface area contributed by atoms with Crippen molar-refractivity contribution in [2.75, 3.05) is 46.7 Å². The number of benzene rings is 3. The van der Waals surface area contributed by atoms with Gasteiger partial charge >= 0.3 is 6.18 Å². The molecule has 1 aliphatic heterocycles. The number of nitrogen functional groups attached to an aromatic ring is 1. The smallest absolute Gasteiger partial charge is 0.416 e. The zero-order chi connectivity index (χ0) is 32.2. The van der Waals surface area contributed by atoms with E-state index < -0.39 is 11.7 Å². The molecule has 236 valence electrons. The molecule has 0 aromatic heterocycles. The van der Waals surface area contributed by atoms with Crippen molar-refractivity contribution in [1.29, 1.82) is 0 Å². The van der Waals surface area contributed by atoms with Gasteiger partial charge in [-0.3, -0.25) is 9.69 Å². The number of aryl methyl sites for hydroxylation is 1. The van der Waals surface area contributed by atoms with Crippen LogP contribution in [0, 0.1) is 6.92 Å². The molecule has 1 heterocycles. The van der Waals surface area contributed by atoms with Gasteiger partial charge in [-0.25, -0.2) is 0 Å². The molecule has 3 N–H and O–H groups in total. The number of halogens is 3. The number of methoxy groups -OCH3 is 2. The molecule has 1 unspecified atom stereocenters. The summed E-state index contributed by atoms with van der Waals surface area (Å²) in [6.45, 7) is 9.51. The molecule has 0 fully saturated rings. The molecule has 3 aromatic rings. The number of anilines is 1. The van der Waals surface area contributed by atoms with E-state index >= 15 is 0 Å². The molecule has 0 aliphatic carbocycles. The Kier molecular flexibility index (Phi) is 13.7. The summed E-state index contributed by atoms with van der Waals surface area (Å²) in [6, 6.07) is 13.4. The fourth-order valence-electron chi connectivity index (χ4n) is 4.86. The van der Waals surface area contributed by atoms with Gasteiger partial charge in [-0.2, -0.15) is 13.2 Å². The number of hydrogen-bond acceptors (Lipinski definition) is 6. The van der Waals surface area contributed by atoms with Gasteiger partial charge in [0.05, 0.1) is 38.1 Å². The Hall–Kier alpha value is -3.92. The zero-order valence-electron chi connectivity index (χ0n) is 26.1. The van der Waals surface area contributed by atoms with Gasteiger partial charge in [0.2, 0.25) is 6.41 Å². The minimum Gasteiger partial charge on any atom is -0.495 e. The van der Waals surface area contributed by atoms with Gasteiger partial charge in [0.1, 0.15) is 5.75 Å². The van der Waals surface area contributed by atoms with Crippen LogP contribution in [0.4, 0.5) is 18.9 Å². The summed E-state index contributed by atoms with van der Waals surface area (Å²) >= 11 is 0. The second kappa shape index (κ2) is 16.6. The minimum atomic E-state index is -4.37. The van der Waals surface area contributed by atoms with Crippen LogP contribution in [0.3, 0.4) is 0 Å². The molecule has 7 nitrogen and oxygen atoms in total. The minimum absolute atomic E-state index is 0.189. The zero-order valence-corrected chi connectivity index (χ0v) is 26.1. The highest BCUT2D eigenvalue weighted by Crippen LogP contribution is 2.42. The van der Waals surface area contributed by atoms with Crippen LogP contribution >= 0.6 is 0 Å². The number of rotatable bonds is 9. The maximum absolute atomic E-state index is 13.2. The van der Waals surface area contributed by atoms with Crippen LogP contribution in [0.25, 0.3) is 0 Å². The van der Waals surface area contributed by atoms with E-state index in [2.05, 4.69) is 10.2 Å². The summed E-state index contributed by atoms with van der Waals surface area (Å²) in [4.78, 5) is 11.5. The average molecular weight is 604 g/mol. The number of fused-ring (bicyclic) bond motifs is 1. The molecule has 43 heavy (non-hydrogen) atoms. The standard InChI is InChI=1S/C28H31F3N2O3.C3H7NO.C2H6/c1-17-13-20(28(29,30)31)6-7-21(17)27-22-16-26(25(35-4)15-19(22)9-11-33(27)2)36-12-10-18-5-8-23(32)24(14-18)34-3;1-2-4-3-5;1-2/h5-8,13-16,27H,9-12,32H2,1-4H3;3H,2H2,1H3,(H,4,5);1-2H3. The van der Waals surface area contributed by atoms with Crippen LogP contribution in [-0.4, -0.2) is 52.3 Å². The van der Waals surface area contributed by atoms with Gasteiger partial charge in [-0.05, 0) is 91.5 Å². The molecular formula is C33H44F3N3O4. The number of nitrogens with two attached hydrogens (primary N) is 1. The van der Waals surface area contributed by atoms with Gasteiger partial charge < -0.3 is 25.3 Å². The third-order valence-electron chi connectivity index (χ3n) is 7.02. The predicted molar refractivity (Wildman–Crippen MR) is 165 cm³/mol. The van der Waals surface area contributed by atoms with Gasteiger partial charge in [0.25, 0.3) is 0 Å². The van der Waals surface area contributed by atoms with Crippen molar-refractivity contribution in [3.63, 3.8) is 0 Å². The normalized spacial score (nSPS) is 14.2. The van der Waals surface area contributed by atoms with Gasteiger partial charge in [-0.1, -0.05) is 26.0 Å². The highest BCUT2D eigenvalue weighted by Gasteiger charge is 2.33. The third-order valence-corrected chi connectivity index (χ3v) is 7.02. The van der Waals surface area contributed by atoms with Crippen LogP contribution in [0.5, 0.6) is 17.2 Å². The van der Waals surface area contributed by atoms with Crippen LogP contribution in [0.2, 0.25) is 0 Å². The largest absolute Gasteiger partial charge is 0.495 e. The predicted octanol–water partition coefficient (Wildman–Crippen LogP) is 6.59. The first-order chi connectivity index (χ1) is 20.5. The van der Waals surface area contributed by atoms with Crippen LogP contribution < -0.4 is 25.3 Å². The highest BCUT2D eigenvalue weighted by atomic mass is 19.4. The van der Waals surface area contributed by atoms with E-state index in [4.69, 9.17) is 19.9 Å². The van der Waals surface area contributed by atoms with Gasteiger partial charge in [0.15, 0.2) is 11.5 Å². The lowest BCUT2D eigenvalue weighted by Crippen LogP contribution is -2.33. The lowest BCUT2D eigenvalue weighted by Gasteiger charge is -2.36. The molecule has 3 aromatic carbocycles. The van der Waals surface area contributed by atoms with Crippen LogP contribution in [0.1, 0.15) is 60.2 Å². The van der Waals surface area contributed by atoms with Crippen molar-refractivity contribution in [1.82, 2.24) is 10.2 Å². The lowest BCUT2D eigenvalue weighted by molar-refractivity contribution is -0.137. The molecule has 10 heteroatoms. The highest BCUT2D eigenvalue weighted by molar-refractivity contribution is 5.54. The number of nitrogens with zero attached hydrogens (tertiary/aromatic N) is 1. The molecule has 0 radical (unpaired) electrons. The number of alkyl halides is 3. The van der Waals surface area contributed by atoms with E-state index in [1.54, 1.807) is 33.3 Å². The first-order valence-corrected chi connectivity index (χ1v) is 14.3. The number of nitrogens with one attached hydrogen (secondary N) is 1. The second-order valence-corrected chi connectivity index (χ2v) is 9.75. The average Bonchev–Trinajstić information content (AvgIpc) is 2.99. The Balaban J connectivity index is 0.000000836. The summed E-state index contributed by atoms with van der Waals surface area (Å²) in [5.74, 6) is 1.86. The molecule has 4 rings (SSSR count). The van der Waals surface area contributed by atoms with Gasteiger partial charge in [-0.15, -0.1) is 0 Å². The van der Waals surface area contributed by atoms with Crippen molar-refractivity contribution < 1.29 is 32.2 Å². The fraction of sp³-hybridized carbons (Fsp3) is 0.424. The van der Waals surface area contributed by atoms with Crippen molar-refractivity contribution in [3.05, 3.63) is 81.9 Å². The number of likely N-dealkylation sites (N-methyl/N-ethyl adjacent to an activating group) is 1. The van der Waals surface area contributed by atoms with E-state index in [0.29, 0.717) is 47.9 Å². The fourth-order valence-corrected chi connectivity index (χ4v) is 4.86. The van der Waals surface area contributed by atoms with Crippen molar-refractivity contribution in [3.8, 4) is 17.2 Å². The van der Waals surface area contributed by atoms with E-state index in [9.17, 15) is 18.0 Å². The Bertz CT molecular complexity index is 1330. The Morgan fingerprint density at radius 1 is 1.00 bits per heavy atom. The van der Waals surface area contributed by atoms with Crippen molar-refractivity contribution >= 4 is 12.1 Å². The molecule has 0 saturated carbocycles. The van der Waals surface area contributed by atoms with Gasteiger partial charge in [0, 0.05) is 19.5 Å². The molecule has 0 spiro atoms. The molecule has 1 atom stereocenters. The summed E-state index contributed by atoms with van der Waals surface area (Å²) in [7, 11) is 5.17. The van der Waals surface area contributed by atoms with Crippen LogP contribution in [-0.2, 0) is 23.8 Å². The second-order valence-electron chi connectivity index (χ2n) is 9.75. The van der Waals surface area contributed by atoms with E-state index in [1.807, 2.05) is 52.1 Å². The molecule has 1 aliphatic rings. The lowest BCUT2D eigenvalue weighted by atomic mass is 9.86. The first-order valence-electron chi connectivity index (χ1n) is 14.3. The van der Waals surface area contributed by atoms with E-state index in [1.165, 1.54) is 6.07 Å². The molecule has 0 saturated heterocycles. The first kappa shape index (κ1) is 35.3. The maximum atomic E-state index is 13.2. The van der Waals surface area contributed by atoms with E-state index in [-0.39, 0.29) is 6.04 Å². The quantitative estimate of drug-likeness (QED) is 0.212. The summed E-state index contributed by atoms with van der Waals surface area (Å²) in [5, 5.41) is 2.43. The Labute approximate surface area is 253 Å². The monoisotopic (exact) mass is 603 g/mol. The van der Waals surface area contributed by atoms with Crippen molar-refractivity contribution in [2.45, 2.75) is 52.8 Å². The maximum Gasteiger partial charge on any atom is 0.416 e. The summed E-state index contributed by atoms with van der Waals surface area (Å²) in [5.41, 5.74) is 10.4. The summed E-state index contributed by atoms with van der Waals surface area (Å²) < 4.78 is 56.8. The molecule has 0 bridgehead atoms.